The quantitative estimate of drug-likeness (QED) is 0.757. The molecule has 20 heavy (non-hydrogen) atoms. The fourth-order valence-electron chi connectivity index (χ4n) is 1.83. The van der Waals surface area contributed by atoms with Crippen LogP contribution in [0.2, 0.25) is 5.02 Å². The Morgan fingerprint density at radius 3 is 2.20 bits per heavy atom. The third-order valence-corrected chi connectivity index (χ3v) is 3.15. The molecule has 0 unspecified atom stereocenters. The molecule has 1 nitrogen and oxygen atoms in total. The van der Waals surface area contributed by atoms with Crippen LogP contribution in [0.25, 0.3) is 11.1 Å². The van der Waals surface area contributed by atoms with Gasteiger partial charge in [0.2, 0.25) is 0 Å². The van der Waals surface area contributed by atoms with Crippen molar-refractivity contribution >= 4 is 11.6 Å². The molecule has 0 aliphatic rings. The van der Waals surface area contributed by atoms with Crippen LogP contribution in [0.4, 0.5) is 13.2 Å². The number of nitrogens with zero attached hydrogens (tertiary/aromatic N) is 1. The first-order valence-corrected chi connectivity index (χ1v) is 6.12. The number of nitriles is 1. The van der Waals surface area contributed by atoms with E-state index in [1.807, 2.05) is 6.07 Å². The first kappa shape index (κ1) is 14.4. The van der Waals surface area contributed by atoms with Crippen LogP contribution in [0.1, 0.15) is 11.1 Å². The summed E-state index contributed by atoms with van der Waals surface area (Å²) in [6.45, 7) is 0. The van der Waals surface area contributed by atoms with E-state index >= 15 is 0 Å². The summed E-state index contributed by atoms with van der Waals surface area (Å²) >= 11 is 6.10. The van der Waals surface area contributed by atoms with Gasteiger partial charge in [0, 0.05) is 10.6 Å². The van der Waals surface area contributed by atoms with Crippen molar-refractivity contribution in [3.8, 4) is 17.2 Å². The summed E-state index contributed by atoms with van der Waals surface area (Å²) in [7, 11) is 0. The summed E-state index contributed by atoms with van der Waals surface area (Å²) in [6.07, 6.45) is -4.11. The van der Waals surface area contributed by atoms with Crippen molar-refractivity contribution in [2.45, 2.75) is 12.6 Å². The lowest BCUT2D eigenvalue weighted by Gasteiger charge is -2.09. The van der Waals surface area contributed by atoms with Crippen molar-refractivity contribution in [3.05, 3.63) is 58.6 Å². The zero-order chi connectivity index (χ0) is 14.8. The Morgan fingerprint density at radius 1 is 1.05 bits per heavy atom. The second-order valence-corrected chi connectivity index (χ2v) is 4.63. The summed E-state index contributed by atoms with van der Waals surface area (Å²) < 4.78 is 37.4. The Balaban J connectivity index is 2.35. The van der Waals surface area contributed by atoms with E-state index in [2.05, 4.69) is 0 Å². The summed E-state index contributed by atoms with van der Waals surface area (Å²) in [5.41, 5.74) is 1.32. The van der Waals surface area contributed by atoms with Crippen LogP contribution < -0.4 is 0 Å². The minimum atomic E-state index is -4.35. The highest BCUT2D eigenvalue weighted by Crippen LogP contribution is 2.33. The highest BCUT2D eigenvalue weighted by atomic mass is 35.5. The second-order valence-electron chi connectivity index (χ2n) is 4.22. The SMILES string of the molecule is N#CCc1ccc(-c2ccc(C(F)(F)F)cc2)c(Cl)c1. The van der Waals surface area contributed by atoms with E-state index in [0.29, 0.717) is 16.1 Å². The van der Waals surface area contributed by atoms with E-state index in [1.165, 1.54) is 12.1 Å². The number of rotatable bonds is 2. The maximum absolute atomic E-state index is 12.5. The minimum Gasteiger partial charge on any atom is -0.198 e. The van der Waals surface area contributed by atoms with Crippen LogP contribution in [0.15, 0.2) is 42.5 Å². The fourth-order valence-corrected chi connectivity index (χ4v) is 2.14. The molecule has 0 fully saturated rings. The van der Waals surface area contributed by atoms with Crippen LogP contribution in [0.5, 0.6) is 0 Å². The molecule has 0 heterocycles. The summed E-state index contributed by atoms with van der Waals surface area (Å²) in [6, 6.07) is 11.9. The number of alkyl halides is 3. The monoisotopic (exact) mass is 295 g/mol. The minimum absolute atomic E-state index is 0.243. The Labute approximate surface area is 119 Å². The lowest BCUT2D eigenvalue weighted by Crippen LogP contribution is -2.04. The van der Waals surface area contributed by atoms with Gasteiger partial charge in [-0.1, -0.05) is 35.9 Å². The lowest BCUT2D eigenvalue weighted by atomic mass is 10.0. The normalized spacial score (nSPS) is 11.2. The summed E-state index contributed by atoms with van der Waals surface area (Å²) in [4.78, 5) is 0. The van der Waals surface area contributed by atoms with Gasteiger partial charge in [0.05, 0.1) is 18.1 Å². The van der Waals surface area contributed by atoms with Gasteiger partial charge in [-0.15, -0.1) is 0 Å². The highest BCUT2D eigenvalue weighted by Gasteiger charge is 2.30. The molecule has 2 rings (SSSR count). The molecule has 0 saturated carbocycles. The van der Waals surface area contributed by atoms with Gasteiger partial charge in [-0.25, -0.2) is 0 Å². The number of benzene rings is 2. The predicted octanol–water partition coefficient (Wildman–Crippen LogP) is 5.09. The fraction of sp³-hybridized carbons (Fsp3) is 0.133. The van der Waals surface area contributed by atoms with Gasteiger partial charge in [-0.2, -0.15) is 18.4 Å². The first-order chi connectivity index (χ1) is 9.41. The smallest absolute Gasteiger partial charge is 0.198 e. The van der Waals surface area contributed by atoms with E-state index in [4.69, 9.17) is 16.9 Å². The number of halogens is 4. The maximum Gasteiger partial charge on any atom is 0.416 e. The van der Waals surface area contributed by atoms with Crippen molar-refractivity contribution in [2.75, 3.05) is 0 Å². The molecule has 0 bridgehead atoms. The number of hydrogen-bond donors (Lipinski definition) is 0. The molecular formula is C15H9ClF3N. The van der Waals surface area contributed by atoms with Gasteiger partial charge >= 0.3 is 6.18 Å². The molecule has 102 valence electrons. The van der Waals surface area contributed by atoms with E-state index in [0.717, 1.165) is 17.7 Å². The molecule has 5 heteroatoms. The van der Waals surface area contributed by atoms with Crippen LogP contribution in [-0.4, -0.2) is 0 Å². The van der Waals surface area contributed by atoms with Crippen molar-refractivity contribution in [3.63, 3.8) is 0 Å². The van der Waals surface area contributed by atoms with Crippen LogP contribution in [-0.2, 0) is 12.6 Å². The largest absolute Gasteiger partial charge is 0.416 e. The van der Waals surface area contributed by atoms with E-state index in [-0.39, 0.29) is 6.42 Å². The zero-order valence-corrected chi connectivity index (χ0v) is 11.0. The van der Waals surface area contributed by atoms with Gasteiger partial charge in [0.1, 0.15) is 0 Å². The molecule has 0 spiro atoms. The van der Waals surface area contributed by atoms with Crippen molar-refractivity contribution in [2.24, 2.45) is 0 Å². The Hall–Kier alpha value is -1.99. The number of hydrogen-bond acceptors (Lipinski definition) is 1. The Bertz CT molecular complexity index is 654. The van der Waals surface area contributed by atoms with Crippen molar-refractivity contribution in [1.82, 2.24) is 0 Å². The summed E-state index contributed by atoms with van der Waals surface area (Å²) in [5, 5.41) is 9.02. The lowest BCUT2D eigenvalue weighted by molar-refractivity contribution is -0.137. The van der Waals surface area contributed by atoms with E-state index in [1.54, 1.807) is 18.2 Å². The van der Waals surface area contributed by atoms with Gasteiger partial charge in [-0.3, -0.25) is 0 Å². The molecule has 0 aliphatic heterocycles. The van der Waals surface area contributed by atoms with Crippen molar-refractivity contribution < 1.29 is 13.2 Å². The predicted molar refractivity (Wildman–Crippen MR) is 71.2 cm³/mol. The average molecular weight is 296 g/mol. The maximum atomic E-state index is 12.5. The first-order valence-electron chi connectivity index (χ1n) is 5.75. The molecule has 0 radical (unpaired) electrons. The van der Waals surface area contributed by atoms with Gasteiger partial charge in [0.15, 0.2) is 0 Å². The van der Waals surface area contributed by atoms with Gasteiger partial charge in [0.25, 0.3) is 0 Å². The Kier molecular flexibility index (Phi) is 4.01. The average Bonchev–Trinajstić information content (AvgIpc) is 2.38. The van der Waals surface area contributed by atoms with E-state index in [9.17, 15) is 13.2 Å². The second kappa shape index (κ2) is 5.56. The van der Waals surface area contributed by atoms with Crippen LogP contribution in [0.3, 0.4) is 0 Å². The molecule has 0 N–H and O–H groups in total. The molecule has 2 aromatic rings. The molecule has 0 atom stereocenters. The third kappa shape index (κ3) is 3.12. The molecule has 2 aromatic carbocycles. The topological polar surface area (TPSA) is 23.8 Å². The van der Waals surface area contributed by atoms with Gasteiger partial charge < -0.3 is 0 Å². The summed E-state index contributed by atoms with van der Waals surface area (Å²) in [5.74, 6) is 0. The molecule has 0 aliphatic carbocycles. The van der Waals surface area contributed by atoms with E-state index < -0.39 is 11.7 Å². The third-order valence-electron chi connectivity index (χ3n) is 2.84. The van der Waals surface area contributed by atoms with Crippen molar-refractivity contribution in [1.29, 1.82) is 5.26 Å². The zero-order valence-electron chi connectivity index (χ0n) is 10.2. The van der Waals surface area contributed by atoms with Gasteiger partial charge in [-0.05, 0) is 29.3 Å². The Morgan fingerprint density at radius 2 is 1.70 bits per heavy atom. The highest BCUT2D eigenvalue weighted by molar-refractivity contribution is 6.33. The molecule has 0 aromatic heterocycles. The van der Waals surface area contributed by atoms with Crippen LogP contribution in [0, 0.1) is 11.3 Å². The standard InChI is InChI=1S/C15H9ClF3N/c16-14-9-10(7-8-20)1-6-13(14)11-2-4-12(5-3-11)15(17,18)19/h1-6,9H,7H2. The molecule has 0 saturated heterocycles. The molecular weight excluding hydrogens is 287 g/mol. The molecule has 0 amide bonds. The van der Waals surface area contributed by atoms with Crippen LogP contribution >= 0.6 is 11.6 Å².